The topological polar surface area (TPSA) is 93.7 Å². The Morgan fingerprint density at radius 2 is 1.78 bits per heavy atom. The Morgan fingerprint density at radius 1 is 1.07 bits per heavy atom. The molecule has 0 atom stereocenters. The fraction of sp³-hybridized carbons (Fsp3) is 0.316. The van der Waals surface area contributed by atoms with Crippen LogP contribution in [0.15, 0.2) is 48.5 Å². The second kappa shape index (κ2) is 9.82. The molecule has 0 bridgehead atoms. The van der Waals surface area contributed by atoms with E-state index in [1.54, 1.807) is 25.3 Å². The number of sulfonamides is 1. The van der Waals surface area contributed by atoms with Gasteiger partial charge in [-0.25, -0.2) is 8.42 Å². The van der Waals surface area contributed by atoms with Crippen LogP contribution in [0, 0.1) is 0 Å². The minimum atomic E-state index is -3.33. The minimum absolute atomic E-state index is 0.0881. The second-order valence-electron chi connectivity index (χ2n) is 5.98. The minimum Gasteiger partial charge on any atom is -0.497 e. The third-order valence-electron chi connectivity index (χ3n) is 3.60. The number of hydrogen-bond acceptors (Lipinski definition) is 5. The molecule has 1 amide bonds. The van der Waals surface area contributed by atoms with Gasteiger partial charge >= 0.3 is 0 Å². The lowest BCUT2D eigenvalue weighted by Gasteiger charge is -2.09. The summed E-state index contributed by atoms with van der Waals surface area (Å²) in [6.07, 6.45) is 2.03. The third kappa shape index (κ3) is 8.00. The average molecular weight is 392 g/mol. The lowest BCUT2D eigenvalue weighted by molar-refractivity contribution is -0.121. The van der Waals surface area contributed by atoms with E-state index in [9.17, 15) is 13.2 Å². The van der Waals surface area contributed by atoms with E-state index in [1.165, 1.54) is 0 Å². The molecule has 8 heteroatoms. The van der Waals surface area contributed by atoms with Gasteiger partial charge in [0.05, 0.1) is 20.0 Å². The maximum atomic E-state index is 11.9. The molecule has 27 heavy (non-hydrogen) atoms. The number of nitrogens with one attached hydrogen (secondary N) is 2. The molecular formula is C19H24N2O5S. The Bertz CT molecular complexity index is 851. The van der Waals surface area contributed by atoms with Gasteiger partial charge in [-0.1, -0.05) is 12.1 Å². The number of rotatable bonds is 10. The molecule has 2 aromatic carbocycles. The van der Waals surface area contributed by atoms with E-state index in [1.807, 2.05) is 30.3 Å². The summed E-state index contributed by atoms with van der Waals surface area (Å²) in [5, 5.41) is 2.81. The van der Waals surface area contributed by atoms with Crippen LogP contribution in [0.2, 0.25) is 0 Å². The third-order valence-corrected chi connectivity index (χ3v) is 4.20. The van der Waals surface area contributed by atoms with Gasteiger partial charge in [0.25, 0.3) is 0 Å². The lowest BCUT2D eigenvalue weighted by atomic mass is 10.2. The summed E-state index contributed by atoms with van der Waals surface area (Å²) in [5.74, 6) is 1.40. The monoisotopic (exact) mass is 392 g/mol. The van der Waals surface area contributed by atoms with Gasteiger partial charge in [0.1, 0.15) is 11.5 Å². The van der Waals surface area contributed by atoms with E-state index in [0.29, 0.717) is 31.7 Å². The predicted molar refractivity (Wildman–Crippen MR) is 104 cm³/mol. The van der Waals surface area contributed by atoms with Crippen molar-refractivity contribution in [2.45, 2.75) is 19.4 Å². The first-order valence-electron chi connectivity index (χ1n) is 8.46. The highest BCUT2D eigenvalue weighted by molar-refractivity contribution is 7.92. The summed E-state index contributed by atoms with van der Waals surface area (Å²) in [5.41, 5.74) is 1.28. The molecule has 0 heterocycles. The van der Waals surface area contributed by atoms with Gasteiger partial charge in [-0.3, -0.25) is 9.52 Å². The Labute approximate surface area is 159 Å². The van der Waals surface area contributed by atoms with Crippen LogP contribution in [-0.4, -0.2) is 34.3 Å². The molecule has 0 aliphatic carbocycles. The molecule has 2 rings (SSSR count). The Hall–Kier alpha value is -2.74. The van der Waals surface area contributed by atoms with Gasteiger partial charge in [0.2, 0.25) is 15.9 Å². The van der Waals surface area contributed by atoms with Gasteiger partial charge in [0, 0.05) is 18.7 Å². The summed E-state index contributed by atoms with van der Waals surface area (Å²) >= 11 is 0. The van der Waals surface area contributed by atoms with Crippen LogP contribution in [-0.2, 0) is 21.4 Å². The van der Waals surface area contributed by atoms with Gasteiger partial charge in [-0.05, 0) is 48.4 Å². The molecule has 0 saturated carbocycles. The number of amides is 1. The predicted octanol–water partition coefficient (Wildman–Crippen LogP) is 2.54. The molecule has 0 aromatic heterocycles. The molecule has 0 saturated heterocycles. The highest BCUT2D eigenvalue weighted by Gasteiger charge is 2.05. The van der Waals surface area contributed by atoms with Crippen molar-refractivity contribution in [2.24, 2.45) is 0 Å². The normalized spacial score (nSPS) is 10.9. The number of ether oxygens (including phenoxy) is 2. The van der Waals surface area contributed by atoms with Crippen LogP contribution >= 0.6 is 0 Å². The van der Waals surface area contributed by atoms with Gasteiger partial charge in [-0.15, -0.1) is 0 Å². The number of hydrogen-bond donors (Lipinski definition) is 2. The van der Waals surface area contributed by atoms with Crippen molar-refractivity contribution in [2.75, 3.05) is 24.7 Å². The molecular weight excluding hydrogens is 368 g/mol. The van der Waals surface area contributed by atoms with Crippen molar-refractivity contribution >= 4 is 21.6 Å². The molecule has 0 radical (unpaired) electrons. The summed E-state index contributed by atoms with van der Waals surface area (Å²) in [7, 11) is -1.72. The first-order valence-corrected chi connectivity index (χ1v) is 10.3. The smallest absolute Gasteiger partial charge is 0.229 e. The summed E-state index contributed by atoms with van der Waals surface area (Å²) < 4.78 is 35.6. The van der Waals surface area contributed by atoms with E-state index in [4.69, 9.17) is 9.47 Å². The SMILES string of the molecule is COc1ccc(OCCCC(=O)NCc2cccc(NS(C)(=O)=O)c2)cc1. The van der Waals surface area contributed by atoms with Crippen LogP contribution in [0.1, 0.15) is 18.4 Å². The summed E-state index contributed by atoms with van der Waals surface area (Å²) in [6.45, 7) is 0.769. The second-order valence-corrected chi connectivity index (χ2v) is 7.73. The first kappa shape index (κ1) is 20.6. The van der Waals surface area contributed by atoms with Crippen molar-refractivity contribution in [3.05, 3.63) is 54.1 Å². The lowest BCUT2D eigenvalue weighted by Crippen LogP contribution is -2.23. The number of benzene rings is 2. The highest BCUT2D eigenvalue weighted by Crippen LogP contribution is 2.17. The molecule has 2 aromatic rings. The van der Waals surface area contributed by atoms with E-state index >= 15 is 0 Å². The molecule has 0 aliphatic rings. The summed E-state index contributed by atoms with van der Waals surface area (Å²) in [4.78, 5) is 11.9. The molecule has 7 nitrogen and oxygen atoms in total. The Morgan fingerprint density at radius 3 is 2.44 bits per heavy atom. The van der Waals surface area contributed by atoms with Crippen molar-refractivity contribution in [3.63, 3.8) is 0 Å². The van der Waals surface area contributed by atoms with Crippen molar-refractivity contribution < 1.29 is 22.7 Å². The van der Waals surface area contributed by atoms with Gasteiger partial charge < -0.3 is 14.8 Å². The Balaban J connectivity index is 1.69. The first-order chi connectivity index (χ1) is 12.9. The van der Waals surface area contributed by atoms with E-state index in [-0.39, 0.29) is 5.91 Å². The zero-order valence-corrected chi connectivity index (χ0v) is 16.2. The number of methoxy groups -OCH3 is 1. The van der Waals surface area contributed by atoms with Crippen molar-refractivity contribution in [3.8, 4) is 11.5 Å². The maximum absolute atomic E-state index is 11.9. The standard InChI is InChI=1S/C19H24N2O5S/c1-25-17-8-10-18(11-9-17)26-12-4-7-19(22)20-14-15-5-3-6-16(13-15)21-27(2,23)24/h3,5-6,8-11,13,21H,4,7,12,14H2,1-2H3,(H,20,22). The zero-order chi connectivity index (χ0) is 19.7. The largest absolute Gasteiger partial charge is 0.497 e. The maximum Gasteiger partial charge on any atom is 0.229 e. The number of carbonyl (C=O) groups is 1. The molecule has 0 aliphatic heterocycles. The fourth-order valence-electron chi connectivity index (χ4n) is 2.34. The highest BCUT2D eigenvalue weighted by atomic mass is 32.2. The van der Waals surface area contributed by atoms with Gasteiger partial charge in [0.15, 0.2) is 0 Å². The van der Waals surface area contributed by atoms with Gasteiger partial charge in [-0.2, -0.15) is 0 Å². The fourth-order valence-corrected chi connectivity index (χ4v) is 2.90. The summed E-state index contributed by atoms with van der Waals surface area (Å²) in [6, 6.07) is 14.2. The van der Waals surface area contributed by atoms with E-state index in [0.717, 1.165) is 23.3 Å². The quantitative estimate of drug-likeness (QED) is 0.606. The molecule has 2 N–H and O–H groups in total. The van der Waals surface area contributed by atoms with Crippen LogP contribution in [0.4, 0.5) is 5.69 Å². The zero-order valence-electron chi connectivity index (χ0n) is 15.4. The molecule has 0 spiro atoms. The van der Waals surface area contributed by atoms with Crippen LogP contribution in [0.25, 0.3) is 0 Å². The van der Waals surface area contributed by atoms with Crippen molar-refractivity contribution in [1.82, 2.24) is 5.32 Å². The van der Waals surface area contributed by atoms with E-state index < -0.39 is 10.0 Å². The van der Waals surface area contributed by atoms with Crippen molar-refractivity contribution in [1.29, 1.82) is 0 Å². The molecule has 0 unspecified atom stereocenters. The average Bonchev–Trinajstić information content (AvgIpc) is 2.63. The molecule has 0 fully saturated rings. The number of carbonyl (C=O) groups excluding carboxylic acids is 1. The van der Waals surface area contributed by atoms with Crippen LogP contribution < -0.4 is 19.5 Å². The Kier molecular flexibility index (Phi) is 7.48. The molecule has 146 valence electrons. The van der Waals surface area contributed by atoms with Crippen LogP contribution in [0.5, 0.6) is 11.5 Å². The van der Waals surface area contributed by atoms with Crippen LogP contribution in [0.3, 0.4) is 0 Å². The van der Waals surface area contributed by atoms with E-state index in [2.05, 4.69) is 10.0 Å². The number of anilines is 1.